The van der Waals surface area contributed by atoms with Gasteiger partial charge in [-0.1, -0.05) is 6.58 Å². The summed E-state index contributed by atoms with van der Waals surface area (Å²) in [5.74, 6) is -0.304. The van der Waals surface area contributed by atoms with Crippen LogP contribution >= 0.6 is 0 Å². The van der Waals surface area contributed by atoms with E-state index in [1.165, 1.54) is 0 Å². The van der Waals surface area contributed by atoms with Crippen molar-refractivity contribution >= 4 is 11.9 Å². The van der Waals surface area contributed by atoms with Crippen molar-refractivity contribution in [3.05, 3.63) is 12.2 Å². The molecule has 0 saturated heterocycles. The third-order valence-electron chi connectivity index (χ3n) is 0.889. The van der Waals surface area contributed by atoms with Crippen LogP contribution in [-0.4, -0.2) is 18.5 Å². The highest BCUT2D eigenvalue weighted by Gasteiger charge is 1.97. The second kappa shape index (κ2) is 4.32. The molecule has 5 heteroatoms. The van der Waals surface area contributed by atoms with Crippen molar-refractivity contribution in [3.63, 3.8) is 0 Å². The van der Waals surface area contributed by atoms with Gasteiger partial charge in [-0.25, -0.2) is 4.99 Å². The van der Waals surface area contributed by atoms with Crippen LogP contribution in [0.5, 0.6) is 0 Å². The predicted molar refractivity (Wildman–Crippen MR) is 43.6 cm³/mol. The lowest BCUT2D eigenvalue weighted by molar-refractivity contribution is -0.117. The highest BCUT2D eigenvalue weighted by Crippen LogP contribution is 1.83. The monoisotopic (exact) mass is 156 g/mol. The number of rotatable bonds is 3. The molecule has 0 aromatic carbocycles. The highest BCUT2D eigenvalue weighted by molar-refractivity contribution is 5.92. The Kier molecular flexibility index (Phi) is 3.72. The number of aliphatic imine (C=N–C) groups is 1. The van der Waals surface area contributed by atoms with E-state index in [-0.39, 0.29) is 18.5 Å². The van der Waals surface area contributed by atoms with Crippen molar-refractivity contribution in [1.29, 1.82) is 0 Å². The molecule has 0 aromatic rings. The minimum atomic E-state index is -0.255. The van der Waals surface area contributed by atoms with E-state index < -0.39 is 0 Å². The Balaban J connectivity index is 3.64. The highest BCUT2D eigenvalue weighted by atomic mass is 16.1. The average Bonchev–Trinajstić information content (AvgIpc) is 1.86. The van der Waals surface area contributed by atoms with Gasteiger partial charge in [-0.3, -0.25) is 4.79 Å². The Bertz CT molecular complexity index is 193. The summed E-state index contributed by atoms with van der Waals surface area (Å²) in [5, 5.41) is 2.43. The van der Waals surface area contributed by atoms with Crippen LogP contribution in [0.15, 0.2) is 17.1 Å². The van der Waals surface area contributed by atoms with Crippen LogP contribution in [0, 0.1) is 0 Å². The van der Waals surface area contributed by atoms with Crippen molar-refractivity contribution in [3.8, 4) is 0 Å². The van der Waals surface area contributed by atoms with Crippen molar-refractivity contribution in [2.24, 2.45) is 16.5 Å². The summed E-state index contributed by atoms with van der Waals surface area (Å²) in [6, 6.07) is 0. The van der Waals surface area contributed by atoms with Crippen LogP contribution < -0.4 is 16.8 Å². The lowest BCUT2D eigenvalue weighted by Crippen LogP contribution is -2.28. The third kappa shape index (κ3) is 4.95. The summed E-state index contributed by atoms with van der Waals surface area (Å²) in [6.07, 6.45) is 0. The number of amides is 1. The molecule has 0 bridgehead atoms. The number of guanidine groups is 1. The van der Waals surface area contributed by atoms with E-state index in [1.807, 2.05) is 0 Å². The van der Waals surface area contributed by atoms with Gasteiger partial charge in [-0.05, 0) is 6.92 Å². The number of hydrogen-bond acceptors (Lipinski definition) is 2. The minimum absolute atomic E-state index is 0.0491. The van der Waals surface area contributed by atoms with Gasteiger partial charge in [-0.2, -0.15) is 0 Å². The fraction of sp³-hybridized carbons (Fsp3) is 0.333. The minimum Gasteiger partial charge on any atom is -0.370 e. The van der Waals surface area contributed by atoms with Crippen molar-refractivity contribution < 1.29 is 4.79 Å². The second-order valence-electron chi connectivity index (χ2n) is 2.03. The molecule has 0 aliphatic carbocycles. The molecule has 0 aromatic heterocycles. The Hall–Kier alpha value is -1.52. The SMILES string of the molecule is C=C(C)C(=O)NCN=C(N)N. The maximum absolute atomic E-state index is 10.8. The van der Waals surface area contributed by atoms with Gasteiger partial charge < -0.3 is 16.8 Å². The summed E-state index contributed by atoms with van der Waals surface area (Å²) >= 11 is 0. The lowest BCUT2D eigenvalue weighted by atomic mass is 10.3. The van der Waals surface area contributed by atoms with Gasteiger partial charge in [0, 0.05) is 5.57 Å². The smallest absolute Gasteiger partial charge is 0.247 e. The molecule has 0 aliphatic heterocycles. The van der Waals surface area contributed by atoms with Crippen LogP contribution in [0.3, 0.4) is 0 Å². The van der Waals surface area contributed by atoms with Gasteiger partial charge >= 0.3 is 0 Å². The Morgan fingerprint density at radius 1 is 1.64 bits per heavy atom. The first-order valence-corrected chi connectivity index (χ1v) is 3.03. The molecule has 0 unspecified atom stereocenters. The van der Waals surface area contributed by atoms with Crippen LogP contribution in [0.1, 0.15) is 6.92 Å². The standard InChI is InChI=1S/C6H12N4O/c1-4(2)5(11)9-3-10-6(7)8/h1,3H2,2H3,(H,9,11)(H4,7,8,10). The molecule has 0 spiro atoms. The second-order valence-corrected chi connectivity index (χ2v) is 2.03. The van der Waals surface area contributed by atoms with Gasteiger partial charge in [0.1, 0.15) is 6.67 Å². The molecule has 0 saturated carbocycles. The summed E-state index contributed by atoms with van der Waals surface area (Å²) < 4.78 is 0. The Morgan fingerprint density at radius 2 is 2.18 bits per heavy atom. The Morgan fingerprint density at radius 3 is 2.55 bits per heavy atom. The topological polar surface area (TPSA) is 93.5 Å². The number of nitrogens with one attached hydrogen (secondary N) is 1. The van der Waals surface area contributed by atoms with E-state index in [2.05, 4.69) is 16.9 Å². The van der Waals surface area contributed by atoms with E-state index in [9.17, 15) is 4.79 Å². The lowest BCUT2D eigenvalue weighted by Gasteiger charge is -1.99. The Labute approximate surface area is 65.2 Å². The molecule has 0 atom stereocenters. The summed E-state index contributed by atoms with van der Waals surface area (Å²) in [5.41, 5.74) is 10.4. The summed E-state index contributed by atoms with van der Waals surface area (Å²) in [4.78, 5) is 14.3. The van der Waals surface area contributed by atoms with Crippen molar-refractivity contribution in [1.82, 2.24) is 5.32 Å². The van der Waals surface area contributed by atoms with Crippen LogP contribution in [0.4, 0.5) is 0 Å². The molecular weight excluding hydrogens is 144 g/mol. The van der Waals surface area contributed by atoms with E-state index in [1.54, 1.807) is 6.92 Å². The molecule has 1 amide bonds. The van der Waals surface area contributed by atoms with E-state index in [0.29, 0.717) is 5.57 Å². The number of carbonyl (C=O) groups is 1. The first-order valence-electron chi connectivity index (χ1n) is 3.03. The van der Waals surface area contributed by atoms with Gasteiger partial charge in [0.2, 0.25) is 5.91 Å². The number of carbonyl (C=O) groups excluding carboxylic acids is 1. The molecule has 0 radical (unpaired) electrons. The summed E-state index contributed by atoms with van der Waals surface area (Å²) in [7, 11) is 0. The van der Waals surface area contributed by atoms with Crippen LogP contribution in [-0.2, 0) is 4.79 Å². The van der Waals surface area contributed by atoms with Crippen molar-refractivity contribution in [2.45, 2.75) is 6.92 Å². The fourth-order valence-electron chi connectivity index (χ4n) is 0.354. The molecular formula is C6H12N4O. The third-order valence-corrected chi connectivity index (χ3v) is 0.889. The maximum Gasteiger partial charge on any atom is 0.247 e. The molecule has 11 heavy (non-hydrogen) atoms. The molecule has 62 valence electrons. The summed E-state index contributed by atoms with van der Waals surface area (Å²) in [6.45, 7) is 5.12. The van der Waals surface area contributed by atoms with Gasteiger partial charge in [0.05, 0.1) is 0 Å². The van der Waals surface area contributed by atoms with Gasteiger partial charge in [0.25, 0.3) is 0 Å². The van der Waals surface area contributed by atoms with Crippen LogP contribution in [0.25, 0.3) is 0 Å². The molecule has 5 nitrogen and oxygen atoms in total. The zero-order valence-corrected chi connectivity index (χ0v) is 6.42. The predicted octanol–water partition coefficient (Wildman–Crippen LogP) is -1.09. The quantitative estimate of drug-likeness (QED) is 0.275. The number of nitrogens with zero attached hydrogens (tertiary/aromatic N) is 1. The molecule has 0 rings (SSSR count). The largest absolute Gasteiger partial charge is 0.370 e. The van der Waals surface area contributed by atoms with Crippen LogP contribution in [0.2, 0.25) is 0 Å². The van der Waals surface area contributed by atoms with E-state index in [0.717, 1.165) is 0 Å². The van der Waals surface area contributed by atoms with Crippen molar-refractivity contribution in [2.75, 3.05) is 6.67 Å². The zero-order chi connectivity index (χ0) is 8.85. The number of nitrogens with two attached hydrogens (primary N) is 2. The first kappa shape index (κ1) is 9.48. The normalized spacial score (nSPS) is 8.45. The van der Waals surface area contributed by atoms with E-state index >= 15 is 0 Å². The van der Waals surface area contributed by atoms with Gasteiger partial charge in [-0.15, -0.1) is 0 Å². The molecule has 0 fully saturated rings. The molecule has 0 aliphatic rings. The first-order chi connectivity index (χ1) is 5.04. The number of hydrogen-bond donors (Lipinski definition) is 3. The average molecular weight is 156 g/mol. The van der Waals surface area contributed by atoms with E-state index in [4.69, 9.17) is 11.5 Å². The molecule has 0 heterocycles. The molecule has 5 N–H and O–H groups in total. The maximum atomic E-state index is 10.8. The van der Waals surface area contributed by atoms with Gasteiger partial charge in [0.15, 0.2) is 5.96 Å². The fourth-order valence-corrected chi connectivity index (χ4v) is 0.354. The zero-order valence-electron chi connectivity index (χ0n) is 6.42.